The summed E-state index contributed by atoms with van der Waals surface area (Å²) in [5.41, 5.74) is 0.937. The first-order valence-electron chi connectivity index (χ1n) is 9.67. The molecule has 0 saturated carbocycles. The van der Waals surface area contributed by atoms with Crippen molar-refractivity contribution in [3.05, 3.63) is 64.1 Å². The van der Waals surface area contributed by atoms with Gasteiger partial charge in [-0.25, -0.2) is 21.6 Å². The first-order chi connectivity index (χ1) is 15.0. The summed E-state index contributed by atoms with van der Waals surface area (Å²) in [6.07, 6.45) is 0.451. The van der Waals surface area contributed by atoms with Crippen molar-refractivity contribution in [3.8, 4) is 0 Å². The number of aromatic nitrogens is 2. The van der Waals surface area contributed by atoms with Crippen LogP contribution in [0, 0.1) is 12.8 Å². The van der Waals surface area contributed by atoms with E-state index in [-0.39, 0.29) is 20.8 Å². The van der Waals surface area contributed by atoms with E-state index in [0.29, 0.717) is 16.5 Å². The molecule has 0 radical (unpaired) electrons. The number of nitrogens with zero attached hydrogens (tertiary/aromatic N) is 2. The molecule has 8 nitrogen and oxygen atoms in total. The number of benzene rings is 2. The molecule has 1 atom stereocenters. The van der Waals surface area contributed by atoms with E-state index in [2.05, 4.69) is 19.6 Å². The molecule has 12 heteroatoms. The molecule has 0 aliphatic carbocycles. The number of anilines is 1. The number of halogens is 1. The second-order valence-corrected chi connectivity index (χ2v) is 12.5. The fourth-order valence-electron chi connectivity index (χ4n) is 2.85. The molecule has 2 aromatic carbocycles. The van der Waals surface area contributed by atoms with Crippen LogP contribution in [0.4, 0.5) is 5.13 Å². The van der Waals surface area contributed by atoms with Crippen LogP contribution in [0.1, 0.15) is 36.9 Å². The molecule has 3 aromatic rings. The monoisotopic (exact) mass is 514 g/mol. The number of hydrogen-bond donors (Lipinski definition) is 2. The summed E-state index contributed by atoms with van der Waals surface area (Å²) in [6.45, 7) is 5.76. The van der Waals surface area contributed by atoms with Crippen molar-refractivity contribution >= 4 is 48.1 Å². The Hall–Kier alpha value is -2.05. The van der Waals surface area contributed by atoms with E-state index in [4.69, 9.17) is 11.6 Å². The zero-order chi connectivity index (χ0) is 23.5. The lowest BCUT2D eigenvalue weighted by Crippen LogP contribution is -2.29. The third-order valence-corrected chi connectivity index (χ3v) is 8.60. The van der Waals surface area contributed by atoms with Gasteiger partial charge in [-0.1, -0.05) is 54.5 Å². The Kier molecular flexibility index (Phi) is 7.56. The third-order valence-electron chi connectivity index (χ3n) is 4.42. The lowest BCUT2D eigenvalue weighted by molar-refractivity contribution is 0.469. The minimum absolute atomic E-state index is 0.0556. The van der Waals surface area contributed by atoms with Crippen molar-refractivity contribution in [1.82, 2.24) is 14.9 Å². The summed E-state index contributed by atoms with van der Waals surface area (Å²) in [7, 11) is -7.69. The SMILES string of the molecule is Cc1ccc(S(=O)(=O)Nc2nnc(C(CC(C)C)NS(=O)(=O)c3ccc(Cl)cc3)s2)cc1. The van der Waals surface area contributed by atoms with E-state index in [1.54, 1.807) is 12.1 Å². The summed E-state index contributed by atoms with van der Waals surface area (Å²) in [5, 5.41) is 8.80. The minimum atomic E-state index is -3.85. The van der Waals surface area contributed by atoms with Gasteiger partial charge in [0.2, 0.25) is 15.2 Å². The molecular formula is C20H23ClN4O4S3. The summed E-state index contributed by atoms with van der Waals surface area (Å²) in [5.74, 6) is 0.143. The molecule has 0 aliphatic heterocycles. The topological polar surface area (TPSA) is 118 Å². The van der Waals surface area contributed by atoms with Gasteiger partial charge < -0.3 is 0 Å². The average Bonchev–Trinajstić information content (AvgIpc) is 3.15. The molecule has 0 aliphatic rings. The normalized spacial score (nSPS) is 13.3. The summed E-state index contributed by atoms with van der Waals surface area (Å²) in [6, 6.07) is 11.5. The molecule has 1 heterocycles. The Labute approximate surface area is 197 Å². The van der Waals surface area contributed by atoms with Crippen LogP contribution in [0.25, 0.3) is 0 Å². The lowest BCUT2D eigenvalue weighted by Gasteiger charge is -2.18. The highest BCUT2D eigenvalue weighted by molar-refractivity contribution is 7.93. The van der Waals surface area contributed by atoms with E-state index in [0.717, 1.165) is 16.9 Å². The van der Waals surface area contributed by atoms with Crippen LogP contribution < -0.4 is 9.44 Å². The van der Waals surface area contributed by atoms with Gasteiger partial charge in [-0.3, -0.25) is 4.72 Å². The third kappa shape index (κ3) is 6.26. The van der Waals surface area contributed by atoms with Gasteiger partial charge in [0, 0.05) is 5.02 Å². The van der Waals surface area contributed by atoms with Crippen LogP contribution in [0.5, 0.6) is 0 Å². The molecule has 0 spiro atoms. The van der Waals surface area contributed by atoms with Gasteiger partial charge in [0.25, 0.3) is 10.0 Å². The Balaban J connectivity index is 1.83. The van der Waals surface area contributed by atoms with Crippen molar-refractivity contribution in [2.75, 3.05) is 4.72 Å². The quantitative estimate of drug-likeness (QED) is 0.438. The molecule has 172 valence electrons. The zero-order valence-electron chi connectivity index (χ0n) is 17.6. The minimum Gasteiger partial charge on any atom is -0.253 e. The summed E-state index contributed by atoms with van der Waals surface area (Å²) >= 11 is 6.84. The van der Waals surface area contributed by atoms with Gasteiger partial charge in [0.15, 0.2) is 0 Å². The summed E-state index contributed by atoms with van der Waals surface area (Å²) in [4.78, 5) is 0.169. The smallest absolute Gasteiger partial charge is 0.253 e. The maximum absolute atomic E-state index is 12.8. The van der Waals surface area contributed by atoms with Crippen molar-refractivity contribution in [2.24, 2.45) is 5.92 Å². The van der Waals surface area contributed by atoms with E-state index in [1.165, 1.54) is 36.4 Å². The first kappa shape index (κ1) is 24.6. The van der Waals surface area contributed by atoms with Crippen LogP contribution in [-0.2, 0) is 20.0 Å². The number of sulfonamides is 2. The number of nitrogens with one attached hydrogen (secondary N) is 2. The Bertz CT molecular complexity index is 1270. The van der Waals surface area contributed by atoms with Gasteiger partial charge in [-0.15, -0.1) is 10.2 Å². The van der Waals surface area contributed by atoms with Gasteiger partial charge in [0.1, 0.15) is 5.01 Å². The largest absolute Gasteiger partial charge is 0.263 e. The number of hydrogen-bond acceptors (Lipinski definition) is 7. The zero-order valence-corrected chi connectivity index (χ0v) is 20.8. The van der Waals surface area contributed by atoms with Crippen LogP contribution in [0.2, 0.25) is 5.02 Å². The van der Waals surface area contributed by atoms with Crippen LogP contribution >= 0.6 is 22.9 Å². The van der Waals surface area contributed by atoms with E-state index in [1.807, 2.05) is 20.8 Å². The molecule has 32 heavy (non-hydrogen) atoms. The summed E-state index contributed by atoms with van der Waals surface area (Å²) < 4.78 is 56.0. The molecule has 0 amide bonds. The van der Waals surface area contributed by atoms with Crippen molar-refractivity contribution in [1.29, 1.82) is 0 Å². The van der Waals surface area contributed by atoms with E-state index < -0.39 is 26.1 Å². The maximum Gasteiger partial charge on any atom is 0.263 e. The molecule has 2 N–H and O–H groups in total. The maximum atomic E-state index is 12.8. The lowest BCUT2D eigenvalue weighted by atomic mass is 10.1. The van der Waals surface area contributed by atoms with E-state index >= 15 is 0 Å². The highest BCUT2D eigenvalue weighted by Gasteiger charge is 2.26. The predicted octanol–water partition coefficient (Wildman–Crippen LogP) is 4.37. The van der Waals surface area contributed by atoms with Crippen molar-refractivity contribution in [3.63, 3.8) is 0 Å². The molecule has 1 aromatic heterocycles. The van der Waals surface area contributed by atoms with Crippen LogP contribution in [0.3, 0.4) is 0 Å². The molecule has 0 bridgehead atoms. The Morgan fingerprint density at radius 3 is 2.06 bits per heavy atom. The second kappa shape index (κ2) is 9.84. The number of aryl methyl sites for hydroxylation is 1. The van der Waals surface area contributed by atoms with Crippen LogP contribution in [-0.4, -0.2) is 27.0 Å². The number of rotatable bonds is 9. The molecule has 0 saturated heterocycles. The molecular weight excluding hydrogens is 492 g/mol. The highest BCUT2D eigenvalue weighted by Crippen LogP contribution is 2.29. The van der Waals surface area contributed by atoms with Crippen LogP contribution in [0.15, 0.2) is 58.3 Å². The Morgan fingerprint density at radius 2 is 1.47 bits per heavy atom. The molecule has 0 fully saturated rings. The molecule has 1 unspecified atom stereocenters. The van der Waals surface area contributed by atoms with E-state index in [9.17, 15) is 16.8 Å². The van der Waals surface area contributed by atoms with Crippen molar-refractivity contribution < 1.29 is 16.8 Å². The Morgan fingerprint density at radius 1 is 0.906 bits per heavy atom. The van der Waals surface area contributed by atoms with Gasteiger partial charge in [-0.2, -0.15) is 0 Å². The van der Waals surface area contributed by atoms with Gasteiger partial charge >= 0.3 is 0 Å². The fourth-order valence-corrected chi connectivity index (χ4v) is 6.30. The standard InChI is InChI=1S/C20H23ClN4O4S3/c1-13(2)12-18(24-31(26,27)17-10-6-15(21)7-11-17)19-22-23-20(30-19)25-32(28,29)16-8-4-14(3)5-9-16/h4-11,13,18,24H,12H2,1-3H3,(H,23,25). The second-order valence-electron chi connectivity index (χ2n) is 7.62. The van der Waals surface area contributed by atoms with Crippen molar-refractivity contribution in [2.45, 2.75) is 43.0 Å². The highest BCUT2D eigenvalue weighted by atomic mass is 35.5. The average molecular weight is 515 g/mol. The first-order valence-corrected chi connectivity index (χ1v) is 13.8. The predicted molar refractivity (Wildman–Crippen MR) is 126 cm³/mol. The van der Waals surface area contributed by atoms with Gasteiger partial charge in [-0.05, 0) is 55.7 Å². The molecule has 3 rings (SSSR count). The fraction of sp³-hybridized carbons (Fsp3) is 0.300. The van der Waals surface area contributed by atoms with Gasteiger partial charge in [0.05, 0.1) is 15.8 Å².